The molecule has 10 heteroatoms. The molecule has 2 amide bonds. The Morgan fingerprint density at radius 1 is 1.03 bits per heavy atom. The van der Waals surface area contributed by atoms with Crippen molar-refractivity contribution in [3.05, 3.63) is 59.9 Å². The van der Waals surface area contributed by atoms with E-state index in [4.69, 9.17) is 0 Å². The number of para-hydroxylation sites is 2. The number of hydrogen-bond acceptors (Lipinski definition) is 5. The monoisotopic (exact) mass is 429 g/mol. The predicted octanol–water partition coefficient (Wildman–Crippen LogP) is 1.26. The normalized spacial score (nSPS) is 11.6. The number of hydrazine groups is 1. The molecule has 0 radical (unpaired) electrons. The topological polar surface area (TPSA) is 122 Å². The van der Waals surface area contributed by atoms with Gasteiger partial charge in [0, 0.05) is 18.7 Å². The average molecular weight is 430 g/mol. The highest BCUT2D eigenvalue weighted by Crippen LogP contribution is 2.14. The van der Waals surface area contributed by atoms with E-state index in [0.717, 1.165) is 11.0 Å². The molecule has 0 aliphatic rings. The maximum Gasteiger partial charge on any atom is 0.269 e. The molecule has 3 N–H and O–H groups in total. The van der Waals surface area contributed by atoms with Crippen LogP contribution in [0.2, 0.25) is 0 Å². The van der Waals surface area contributed by atoms with Crippen molar-refractivity contribution in [1.29, 1.82) is 0 Å². The van der Waals surface area contributed by atoms with Crippen LogP contribution in [0.4, 0.5) is 0 Å². The molecule has 9 nitrogen and oxygen atoms in total. The van der Waals surface area contributed by atoms with Crippen molar-refractivity contribution in [2.24, 2.45) is 7.05 Å². The average Bonchev–Trinajstić information content (AvgIpc) is 3.01. The van der Waals surface area contributed by atoms with Gasteiger partial charge in [-0.05, 0) is 50.2 Å². The molecule has 1 aromatic heterocycles. The maximum absolute atomic E-state index is 12.2. The molecule has 0 aliphatic carbocycles. The number of hydrogen-bond donors (Lipinski definition) is 3. The molecule has 0 spiro atoms. The van der Waals surface area contributed by atoms with Gasteiger partial charge in [0.1, 0.15) is 5.82 Å². The summed E-state index contributed by atoms with van der Waals surface area (Å²) in [4.78, 5) is 28.9. The standard InChI is InChI=1S/C20H23N5O4S/c1-13(2)24-30(28,29)15-10-8-14(9-11-15)20(27)23-22-19(26)12-18-21-16-6-4-5-7-17(16)25(18)3/h4-11,13,24H,12H2,1-3H3,(H,22,26)(H,23,27). The van der Waals surface area contributed by atoms with Gasteiger partial charge in [0.15, 0.2) is 0 Å². The van der Waals surface area contributed by atoms with E-state index in [0.29, 0.717) is 5.82 Å². The van der Waals surface area contributed by atoms with Gasteiger partial charge >= 0.3 is 0 Å². The summed E-state index contributed by atoms with van der Waals surface area (Å²) in [7, 11) is -1.82. The summed E-state index contributed by atoms with van der Waals surface area (Å²) in [5, 5.41) is 0. The van der Waals surface area contributed by atoms with Gasteiger partial charge in [0.2, 0.25) is 15.9 Å². The lowest BCUT2D eigenvalue weighted by Gasteiger charge is -2.10. The van der Waals surface area contributed by atoms with Gasteiger partial charge in [-0.3, -0.25) is 20.4 Å². The first-order chi connectivity index (χ1) is 14.2. The minimum absolute atomic E-state index is 0.0104. The third-order valence-corrected chi connectivity index (χ3v) is 6.01. The molecule has 0 aliphatic heterocycles. The van der Waals surface area contributed by atoms with Gasteiger partial charge in [-0.1, -0.05) is 12.1 Å². The Hall–Kier alpha value is -3.24. The summed E-state index contributed by atoms with van der Waals surface area (Å²) in [5.74, 6) is -0.425. The predicted molar refractivity (Wildman–Crippen MR) is 112 cm³/mol. The van der Waals surface area contributed by atoms with E-state index >= 15 is 0 Å². The van der Waals surface area contributed by atoms with Crippen LogP contribution in [-0.4, -0.2) is 35.8 Å². The van der Waals surface area contributed by atoms with E-state index < -0.39 is 21.8 Å². The van der Waals surface area contributed by atoms with Crippen molar-refractivity contribution in [3.63, 3.8) is 0 Å². The van der Waals surface area contributed by atoms with Crippen LogP contribution >= 0.6 is 0 Å². The zero-order valence-electron chi connectivity index (χ0n) is 16.8. The van der Waals surface area contributed by atoms with Crippen LogP contribution in [0, 0.1) is 0 Å². The van der Waals surface area contributed by atoms with E-state index in [9.17, 15) is 18.0 Å². The Kier molecular flexibility index (Phi) is 6.18. The summed E-state index contributed by atoms with van der Waals surface area (Å²) in [6.45, 7) is 3.44. The number of amides is 2. The van der Waals surface area contributed by atoms with Crippen LogP contribution < -0.4 is 15.6 Å². The van der Waals surface area contributed by atoms with Gasteiger partial charge in [-0.2, -0.15) is 0 Å². The molecule has 0 atom stereocenters. The maximum atomic E-state index is 12.2. The molecular formula is C20H23N5O4S. The van der Waals surface area contributed by atoms with Crippen LogP contribution in [-0.2, 0) is 28.3 Å². The van der Waals surface area contributed by atoms with Crippen molar-refractivity contribution < 1.29 is 18.0 Å². The highest BCUT2D eigenvalue weighted by atomic mass is 32.2. The highest BCUT2D eigenvalue weighted by Gasteiger charge is 2.17. The van der Waals surface area contributed by atoms with Gasteiger partial charge in [0.25, 0.3) is 5.91 Å². The smallest absolute Gasteiger partial charge is 0.269 e. The molecule has 2 aromatic carbocycles. The fraction of sp³-hybridized carbons (Fsp3) is 0.250. The molecule has 0 saturated heterocycles. The first-order valence-electron chi connectivity index (χ1n) is 9.29. The molecule has 3 aromatic rings. The summed E-state index contributed by atoms with van der Waals surface area (Å²) in [6, 6.07) is 12.7. The lowest BCUT2D eigenvalue weighted by atomic mass is 10.2. The van der Waals surface area contributed by atoms with Crippen molar-refractivity contribution in [2.75, 3.05) is 0 Å². The second-order valence-corrected chi connectivity index (χ2v) is 8.77. The van der Waals surface area contributed by atoms with Gasteiger partial charge < -0.3 is 4.57 Å². The number of aromatic nitrogens is 2. The molecule has 0 fully saturated rings. The number of aryl methyl sites for hydroxylation is 1. The number of nitrogens with zero attached hydrogens (tertiary/aromatic N) is 2. The Morgan fingerprint density at radius 2 is 1.70 bits per heavy atom. The van der Waals surface area contributed by atoms with Crippen molar-refractivity contribution in [3.8, 4) is 0 Å². The SMILES string of the molecule is CC(C)NS(=O)(=O)c1ccc(C(=O)NNC(=O)Cc2nc3ccccc3n2C)cc1. The van der Waals surface area contributed by atoms with Crippen molar-refractivity contribution >= 4 is 32.9 Å². The second kappa shape index (κ2) is 8.64. The Balaban J connectivity index is 1.59. The Labute approximate surface area is 174 Å². The van der Waals surface area contributed by atoms with Crippen LogP contribution in [0.25, 0.3) is 11.0 Å². The molecule has 0 bridgehead atoms. The summed E-state index contributed by atoms with van der Waals surface area (Å²) in [5.41, 5.74) is 6.58. The number of benzene rings is 2. The summed E-state index contributed by atoms with van der Waals surface area (Å²) >= 11 is 0. The molecule has 30 heavy (non-hydrogen) atoms. The van der Waals surface area contributed by atoms with E-state index in [-0.39, 0.29) is 22.9 Å². The van der Waals surface area contributed by atoms with Gasteiger partial charge in [-0.25, -0.2) is 18.1 Å². The van der Waals surface area contributed by atoms with Gasteiger partial charge in [-0.15, -0.1) is 0 Å². The molecule has 1 heterocycles. The minimum Gasteiger partial charge on any atom is -0.331 e. The number of fused-ring (bicyclic) bond motifs is 1. The lowest BCUT2D eigenvalue weighted by Crippen LogP contribution is -2.42. The number of carbonyl (C=O) groups excluding carboxylic acids is 2. The minimum atomic E-state index is -3.64. The Morgan fingerprint density at radius 3 is 2.33 bits per heavy atom. The molecule has 3 rings (SSSR count). The highest BCUT2D eigenvalue weighted by molar-refractivity contribution is 7.89. The number of rotatable bonds is 6. The van der Waals surface area contributed by atoms with E-state index in [2.05, 4.69) is 20.6 Å². The first-order valence-corrected chi connectivity index (χ1v) is 10.8. The summed E-state index contributed by atoms with van der Waals surface area (Å²) < 4.78 is 28.5. The first kappa shape index (κ1) is 21.5. The third kappa shape index (κ3) is 4.84. The van der Waals surface area contributed by atoms with Gasteiger partial charge in [0.05, 0.1) is 22.3 Å². The molecule has 158 valence electrons. The largest absolute Gasteiger partial charge is 0.331 e. The van der Waals surface area contributed by atoms with Crippen molar-refractivity contribution in [2.45, 2.75) is 31.2 Å². The fourth-order valence-corrected chi connectivity index (χ4v) is 4.15. The molecule has 0 unspecified atom stereocenters. The molecular weight excluding hydrogens is 406 g/mol. The number of nitrogens with one attached hydrogen (secondary N) is 3. The number of imidazole rings is 1. The zero-order chi connectivity index (χ0) is 21.9. The number of carbonyl (C=O) groups is 2. The van der Waals surface area contributed by atoms with E-state index in [1.165, 1.54) is 24.3 Å². The van der Waals surface area contributed by atoms with Crippen molar-refractivity contribution in [1.82, 2.24) is 25.1 Å². The fourth-order valence-electron chi connectivity index (χ4n) is 2.90. The number of sulfonamides is 1. The van der Waals surface area contributed by atoms with E-state index in [1.54, 1.807) is 13.8 Å². The van der Waals surface area contributed by atoms with Crippen LogP contribution in [0.1, 0.15) is 30.0 Å². The van der Waals surface area contributed by atoms with Crippen LogP contribution in [0.5, 0.6) is 0 Å². The van der Waals surface area contributed by atoms with Crippen LogP contribution in [0.3, 0.4) is 0 Å². The van der Waals surface area contributed by atoms with E-state index in [1.807, 2.05) is 35.9 Å². The van der Waals surface area contributed by atoms with Crippen LogP contribution in [0.15, 0.2) is 53.4 Å². The summed E-state index contributed by atoms with van der Waals surface area (Å²) in [6.07, 6.45) is -0.0104. The quantitative estimate of drug-likeness (QED) is 0.509. The second-order valence-electron chi connectivity index (χ2n) is 7.06. The Bertz CT molecular complexity index is 1180. The molecule has 0 saturated carbocycles. The third-order valence-electron chi connectivity index (χ3n) is 4.33. The zero-order valence-corrected chi connectivity index (χ0v) is 17.7. The lowest BCUT2D eigenvalue weighted by molar-refractivity contribution is -0.121.